The van der Waals surface area contributed by atoms with E-state index in [2.05, 4.69) is 6.58 Å². The zero-order chi connectivity index (χ0) is 23.7. The van der Waals surface area contributed by atoms with Gasteiger partial charge in [0.1, 0.15) is 41.2 Å². The number of hydrogen-bond donors (Lipinski definition) is 0. The first-order chi connectivity index (χ1) is 14.9. The summed E-state index contributed by atoms with van der Waals surface area (Å²) in [6, 6.07) is 0. The minimum absolute atomic E-state index is 0.00789. The first-order valence-electron chi connectivity index (χ1n) is 11.3. The van der Waals surface area contributed by atoms with Crippen LogP contribution in [0.25, 0.3) is 0 Å². The highest BCUT2D eigenvalue weighted by atomic mass is 16.6. The zero-order valence-corrected chi connectivity index (χ0v) is 19.1. The fraction of sp³-hybridized carbons (Fsp3) is 0.708. The van der Waals surface area contributed by atoms with E-state index in [9.17, 15) is 24.0 Å². The maximum Gasteiger partial charge on any atom is 0.333 e. The maximum atomic E-state index is 12.5. The Hall–Kier alpha value is -2.51. The first-order valence-corrected chi connectivity index (χ1v) is 11.3. The summed E-state index contributed by atoms with van der Waals surface area (Å²) >= 11 is 0. The number of esters is 3. The molecule has 0 aromatic carbocycles. The molecule has 4 aliphatic carbocycles. The second-order valence-corrected chi connectivity index (χ2v) is 9.81. The van der Waals surface area contributed by atoms with E-state index in [1.807, 2.05) is 0 Å². The first kappa shape index (κ1) is 24.1. The Labute approximate surface area is 188 Å². The average molecular weight is 449 g/mol. The minimum Gasteiger partial charge on any atom is -0.458 e. The van der Waals surface area contributed by atoms with E-state index in [0.29, 0.717) is 19.3 Å². The molecule has 0 heterocycles. The van der Waals surface area contributed by atoms with Gasteiger partial charge in [-0.2, -0.15) is 0 Å². The van der Waals surface area contributed by atoms with Crippen LogP contribution in [-0.2, 0) is 38.2 Å². The van der Waals surface area contributed by atoms with Crippen molar-refractivity contribution in [2.75, 3.05) is 0 Å². The van der Waals surface area contributed by atoms with Crippen LogP contribution < -0.4 is 0 Å². The molecule has 176 valence electrons. The molecule has 8 nitrogen and oxygen atoms in total. The van der Waals surface area contributed by atoms with Crippen LogP contribution in [0.4, 0.5) is 0 Å². The van der Waals surface area contributed by atoms with Crippen molar-refractivity contribution in [3.8, 4) is 0 Å². The van der Waals surface area contributed by atoms with Crippen molar-refractivity contribution in [3.63, 3.8) is 0 Å². The Balaban J connectivity index is 1.88. The maximum absolute atomic E-state index is 12.5. The number of ether oxygens (including phenoxy) is 3. The van der Waals surface area contributed by atoms with Gasteiger partial charge in [0.2, 0.25) is 0 Å². The van der Waals surface area contributed by atoms with E-state index in [0.717, 1.165) is 0 Å². The lowest BCUT2D eigenvalue weighted by Crippen LogP contribution is -2.69. The normalized spacial score (nSPS) is 32.2. The van der Waals surface area contributed by atoms with Crippen LogP contribution in [0.15, 0.2) is 12.2 Å². The molecule has 2 atom stereocenters. The van der Waals surface area contributed by atoms with Crippen LogP contribution in [0.1, 0.15) is 85.0 Å². The predicted molar refractivity (Wildman–Crippen MR) is 112 cm³/mol. The number of rotatable bonds is 10. The van der Waals surface area contributed by atoms with Crippen molar-refractivity contribution in [3.05, 3.63) is 12.2 Å². The molecule has 4 fully saturated rings. The van der Waals surface area contributed by atoms with E-state index < -0.39 is 34.7 Å². The number of carbonyl (C=O) groups excluding carboxylic acids is 5. The Morgan fingerprint density at radius 3 is 1.47 bits per heavy atom. The van der Waals surface area contributed by atoms with Crippen LogP contribution in [0.3, 0.4) is 0 Å². The van der Waals surface area contributed by atoms with Gasteiger partial charge < -0.3 is 14.2 Å². The molecule has 0 spiro atoms. The third kappa shape index (κ3) is 5.10. The number of carbonyl (C=O) groups is 5. The fourth-order valence-corrected chi connectivity index (χ4v) is 5.93. The molecule has 0 aromatic rings. The molecule has 0 aromatic heterocycles. The molecule has 0 radical (unpaired) electrons. The van der Waals surface area contributed by atoms with Crippen molar-refractivity contribution in [1.82, 2.24) is 0 Å². The Morgan fingerprint density at radius 1 is 0.750 bits per heavy atom. The van der Waals surface area contributed by atoms with Crippen LogP contribution >= 0.6 is 0 Å². The standard InChI is InChI=1S/C24H32O8/c1-5-17(25)7-19(27)30-22-9-16-10-23(12-22,31-20(28)8-18(26)6-2)14-24(11-16,13-22)32-21(29)15(3)4/h16H,3,5-14H2,1-2,4H3. The van der Waals surface area contributed by atoms with Gasteiger partial charge in [0.15, 0.2) is 0 Å². The molecule has 8 heteroatoms. The van der Waals surface area contributed by atoms with E-state index >= 15 is 0 Å². The summed E-state index contributed by atoms with van der Waals surface area (Å²) in [5, 5.41) is 0. The molecule has 4 rings (SSSR count). The van der Waals surface area contributed by atoms with E-state index in [1.54, 1.807) is 20.8 Å². The topological polar surface area (TPSA) is 113 Å². The average Bonchev–Trinajstić information content (AvgIpc) is 2.64. The molecule has 4 saturated carbocycles. The quantitative estimate of drug-likeness (QED) is 0.217. The summed E-state index contributed by atoms with van der Waals surface area (Å²) in [6.07, 6.45) is 2.35. The minimum atomic E-state index is -0.991. The van der Waals surface area contributed by atoms with Gasteiger partial charge in [-0.25, -0.2) is 4.79 Å². The smallest absolute Gasteiger partial charge is 0.333 e. The molecule has 2 unspecified atom stereocenters. The van der Waals surface area contributed by atoms with Crippen molar-refractivity contribution in [2.45, 2.75) is 102 Å². The molecule has 0 saturated heterocycles. The van der Waals surface area contributed by atoms with Gasteiger partial charge in [-0.1, -0.05) is 20.4 Å². The number of Topliss-reactive ketones (excluding diaryl/α,β-unsaturated/α-hetero) is 2. The molecule has 32 heavy (non-hydrogen) atoms. The van der Waals surface area contributed by atoms with Crippen LogP contribution in [0.5, 0.6) is 0 Å². The second kappa shape index (κ2) is 8.79. The van der Waals surface area contributed by atoms with E-state index in [-0.39, 0.29) is 68.0 Å². The van der Waals surface area contributed by atoms with Gasteiger partial charge in [0.05, 0.1) is 0 Å². The highest BCUT2D eigenvalue weighted by Crippen LogP contribution is 2.63. The molecule has 0 amide bonds. The zero-order valence-electron chi connectivity index (χ0n) is 19.1. The fourth-order valence-electron chi connectivity index (χ4n) is 5.93. The van der Waals surface area contributed by atoms with Crippen molar-refractivity contribution >= 4 is 29.5 Å². The Kier molecular flexibility index (Phi) is 6.63. The van der Waals surface area contributed by atoms with E-state index in [1.165, 1.54) is 0 Å². The van der Waals surface area contributed by atoms with Crippen LogP contribution in [0.2, 0.25) is 0 Å². The van der Waals surface area contributed by atoms with Gasteiger partial charge in [-0.3, -0.25) is 19.2 Å². The van der Waals surface area contributed by atoms with E-state index in [4.69, 9.17) is 14.2 Å². The van der Waals surface area contributed by atoms with Gasteiger partial charge in [0, 0.05) is 37.7 Å². The summed E-state index contributed by atoms with van der Waals surface area (Å²) in [4.78, 5) is 61.0. The molecular weight excluding hydrogens is 416 g/mol. The summed E-state index contributed by atoms with van der Waals surface area (Å²) < 4.78 is 17.6. The van der Waals surface area contributed by atoms with Crippen LogP contribution in [-0.4, -0.2) is 46.3 Å². The summed E-state index contributed by atoms with van der Waals surface area (Å²) in [5.74, 6) is -2.22. The highest BCUT2D eigenvalue weighted by molar-refractivity contribution is 5.96. The van der Waals surface area contributed by atoms with Crippen LogP contribution in [0, 0.1) is 5.92 Å². The Bertz CT molecular complexity index is 808. The van der Waals surface area contributed by atoms with Crippen molar-refractivity contribution in [1.29, 1.82) is 0 Å². The third-order valence-corrected chi connectivity index (χ3v) is 6.71. The third-order valence-electron chi connectivity index (χ3n) is 6.71. The molecule has 4 bridgehead atoms. The van der Waals surface area contributed by atoms with Gasteiger partial charge >= 0.3 is 17.9 Å². The molecule has 4 aliphatic rings. The number of hydrogen-bond acceptors (Lipinski definition) is 8. The van der Waals surface area contributed by atoms with Gasteiger partial charge in [-0.15, -0.1) is 0 Å². The SMILES string of the molecule is C=C(C)C(=O)OC12CC3CC(OC(=O)CC(=O)CC)(CC(OC(=O)CC(=O)CC)(C3)C1)C2. The largest absolute Gasteiger partial charge is 0.458 e. The van der Waals surface area contributed by atoms with Crippen molar-refractivity contribution in [2.24, 2.45) is 5.92 Å². The Morgan fingerprint density at radius 2 is 1.12 bits per heavy atom. The number of ketones is 2. The highest BCUT2D eigenvalue weighted by Gasteiger charge is 2.68. The lowest BCUT2D eigenvalue weighted by molar-refractivity contribution is -0.271. The summed E-state index contributed by atoms with van der Waals surface area (Å²) in [6.45, 7) is 8.56. The van der Waals surface area contributed by atoms with Gasteiger partial charge in [-0.05, 0) is 32.1 Å². The molecule has 0 aliphatic heterocycles. The lowest BCUT2D eigenvalue weighted by atomic mass is 9.50. The van der Waals surface area contributed by atoms with Gasteiger partial charge in [0.25, 0.3) is 0 Å². The monoisotopic (exact) mass is 448 g/mol. The molecular formula is C24H32O8. The second-order valence-electron chi connectivity index (χ2n) is 9.81. The molecule has 0 N–H and O–H groups in total. The van der Waals surface area contributed by atoms with Crippen molar-refractivity contribution < 1.29 is 38.2 Å². The lowest BCUT2D eigenvalue weighted by Gasteiger charge is -2.63. The summed E-state index contributed by atoms with van der Waals surface area (Å²) in [5.41, 5.74) is -2.69. The summed E-state index contributed by atoms with van der Waals surface area (Å²) in [7, 11) is 0. The predicted octanol–water partition coefficient (Wildman–Crippen LogP) is 3.14.